The molecule has 0 saturated heterocycles. The van der Waals surface area contributed by atoms with Crippen LogP contribution in [0.3, 0.4) is 0 Å². The van der Waals surface area contributed by atoms with Crippen LogP contribution in [0.15, 0.2) is 29.6 Å². The lowest BCUT2D eigenvalue weighted by molar-refractivity contribution is -0.140. The van der Waals surface area contributed by atoms with Gasteiger partial charge in [0.2, 0.25) is 5.69 Å². The highest BCUT2D eigenvalue weighted by molar-refractivity contribution is 7.53. The van der Waals surface area contributed by atoms with Gasteiger partial charge in [0.05, 0.1) is 0 Å². The Morgan fingerprint density at radius 2 is 1.88 bits per heavy atom. The van der Waals surface area contributed by atoms with E-state index in [2.05, 4.69) is 10.3 Å². The van der Waals surface area contributed by atoms with Gasteiger partial charge >= 0.3 is 16.5 Å². The molecule has 134 valence electrons. The molecule has 0 spiro atoms. The van der Waals surface area contributed by atoms with E-state index in [9.17, 15) is 18.0 Å². The van der Waals surface area contributed by atoms with E-state index in [1.54, 1.807) is 12.1 Å². The summed E-state index contributed by atoms with van der Waals surface area (Å²) in [5, 5.41) is 2.68. The number of para-hydroxylation sites is 1. The van der Waals surface area contributed by atoms with E-state index in [0.717, 1.165) is 36.6 Å². The van der Waals surface area contributed by atoms with Crippen LogP contribution in [0.5, 0.6) is 0 Å². The van der Waals surface area contributed by atoms with Gasteiger partial charge in [-0.2, -0.15) is 18.2 Å². The van der Waals surface area contributed by atoms with Crippen LogP contribution in [0.4, 0.5) is 28.8 Å². The summed E-state index contributed by atoms with van der Waals surface area (Å²) < 4.78 is 38.2. The lowest BCUT2D eigenvalue weighted by Crippen LogP contribution is -2.12. The second-order valence-corrected chi connectivity index (χ2v) is 7.82. The zero-order valence-electron chi connectivity index (χ0n) is 13.5. The Bertz CT molecular complexity index is 767. The van der Waals surface area contributed by atoms with Gasteiger partial charge in [0.1, 0.15) is 10.5 Å². The Morgan fingerprint density at radius 1 is 1.20 bits per heavy atom. The fourth-order valence-electron chi connectivity index (χ4n) is 3.19. The largest absolute Gasteiger partial charge is 0.463 e. The number of benzene rings is 1. The number of thiazole rings is 1. The molecular formula is C17H19F3N3OS+. The SMILES string of the molecule is Nc1nc(C(F)(F)F)c[s+]1C(=O)Nc1ccccc1C1CCCCC1. The highest BCUT2D eigenvalue weighted by atomic mass is 32.2. The number of anilines is 2. The molecule has 1 aromatic heterocycles. The molecule has 3 rings (SSSR count). The van der Waals surface area contributed by atoms with E-state index in [-0.39, 0.29) is 5.13 Å². The van der Waals surface area contributed by atoms with Crippen molar-refractivity contribution < 1.29 is 18.0 Å². The monoisotopic (exact) mass is 370 g/mol. The summed E-state index contributed by atoms with van der Waals surface area (Å²) in [6.45, 7) is 0. The van der Waals surface area contributed by atoms with E-state index in [0.29, 0.717) is 11.6 Å². The molecule has 1 atom stereocenters. The summed E-state index contributed by atoms with van der Waals surface area (Å²) in [5.41, 5.74) is 6.13. The lowest BCUT2D eigenvalue weighted by Gasteiger charge is -2.23. The molecule has 25 heavy (non-hydrogen) atoms. The van der Waals surface area contributed by atoms with Crippen LogP contribution in [0.1, 0.15) is 49.3 Å². The summed E-state index contributed by atoms with van der Waals surface area (Å²) in [6.07, 6.45) is 1.02. The molecule has 1 saturated carbocycles. The summed E-state index contributed by atoms with van der Waals surface area (Å²) in [6, 6.07) is 7.46. The number of hydrogen-bond donors (Lipinski definition) is 2. The van der Waals surface area contributed by atoms with Crippen molar-refractivity contribution in [1.29, 1.82) is 0 Å². The second-order valence-electron chi connectivity index (χ2n) is 6.12. The minimum absolute atomic E-state index is 0.306. The highest BCUT2D eigenvalue weighted by Gasteiger charge is 2.40. The smallest absolute Gasteiger partial charge is 0.338 e. The quantitative estimate of drug-likeness (QED) is 0.695. The van der Waals surface area contributed by atoms with Crippen LogP contribution in [-0.2, 0) is 6.18 Å². The number of aromatic nitrogens is 1. The van der Waals surface area contributed by atoms with Crippen molar-refractivity contribution in [2.75, 3.05) is 11.1 Å². The number of carbonyl (C=O) groups is 1. The van der Waals surface area contributed by atoms with Gasteiger partial charge in [-0.25, -0.2) is 4.79 Å². The maximum atomic E-state index is 12.7. The second kappa shape index (κ2) is 7.03. The first-order valence-corrected chi connectivity index (χ1v) is 9.41. The number of nitrogens with zero attached hydrogens (tertiary/aromatic N) is 1. The molecule has 0 radical (unpaired) electrons. The zero-order chi connectivity index (χ0) is 18.0. The number of hydrogen-bond acceptors (Lipinski definition) is 3. The summed E-state index contributed by atoms with van der Waals surface area (Å²) in [5.74, 6) is 0.365. The first-order chi connectivity index (χ1) is 11.9. The van der Waals surface area contributed by atoms with Crippen molar-refractivity contribution >= 4 is 26.5 Å². The summed E-state index contributed by atoms with van der Waals surface area (Å²) in [4.78, 5) is 15.8. The number of nitrogen functional groups attached to an aromatic ring is 1. The van der Waals surface area contributed by atoms with Gasteiger partial charge in [0.25, 0.3) is 0 Å². The van der Waals surface area contributed by atoms with E-state index < -0.39 is 27.6 Å². The molecular weight excluding hydrogens is 351 g/mol. The maximum Gasteiger partial charge on any atom is 0.463 e. The van der Waals surface area contributed by atoms with E-state index in [1.165, 1.54) is 6.42 Å². The minimum atomic E-state index is -4.60. The van der Waals surface area contributed by atoms with Crippen LogP contribution in [0.2, 0.25) is 0 Å². The van der Waals surface area contributed by atoms with Crippen molar-refractivity contribution in [2.45, 2.75) is 44.2 Å². The number of carbonyl (C=O) groups excluding carboxylic acids is 1. The number of amides is 1. The van der Waals surface area contributed by atoms with Crippen molar-refractivity contribution in [3.63, 3.8) is 0 Å². The number of rotatable bonds is 3. The number of halogens is 3. The van der Waals surface area contributed by atoms with Gasteiger partial charge in [-0.1, -0.05) is 37.5 Å². The first kappa shape index (κ1) is 17.7. The van der Waals surface area contributed by atoms with Crippen LogP contribution in [-0.4, -0.2) is 10.2 Å². The van der Waals surface area contributed by atoms with Gasteiger partial charge in [-0.15, -0.1) is 0 Å². The van der Waals surface area contributed by atoms with Gasteiger partial charge in [0, 0.05) is 5.69 Å². The molecule has 2 aromatic rings. The van der Waals surface area contributed by atoms with Crippen molar-refractivity contribution in [3.8, 4) is 0 Å². The Balaban J connectivity index is 1.83. The average molecular weight is 370 g/mol. The fraction of sp³-hybridized carbons (Fsp3) is 0.412. The van der Waals surface area contributed by atoms with Crippen LogP contribution < -0.4 is 11.1 Å². The standard InChI is InChI=1S/C17H18F3N3OS/c18-17(19,20)14-10-25(15(21)23-14)16(24)22-13-9-5-4-8-12(13)11-6-2-1-3-7-11/h4-5,8-11H,1-3,6-7H2,(H2-,21,22,23,24)/p+1. The molecule has 1 unspecified atom stereocenters. The normalized spacial score (nSPS) is 16.7. The molecule has 0 bridgehead atoms. The molecule has 1 amide bonds. The van der Waals surface area contributed by atoms with E-state index in [1.807, 2.05) is 12.1 Å². The third kappa shape index (κ3) is 3.95. The highest BCUT2D eigenvalue weighted by Crippen LogP contribution is 2.39. The number of nitrogens with one attached hydrogen (secondary N) is 1. The minimum Gasteiger partial charge on any atom is -0.338 e. The molecule has 1 aliphatic rings. The molecule has 4 nitrogen and oxygen atoms in total. The molecule has 8 heteroatoms. The number of alkyl halides is 3. The third-order valence-corrected chi connectivity index (χ3v) is 5.92. The predicted octanol–water partition coefficient (Wildman–Crippen LogP) is 5.56. The predicted molar refractivity (Wildman–Crippen MR) is 92.8 cm³/mol. The molecule has 3 N–H and O–H groups in total. The van der Waals surface area contributed by atoms with Crippen LogP contribution in [0, 0.1) is 0 Å². The average Bonchev–Trinajstić information content (AvgIpc) is 2.98. The van der Waals surface area contributed by atoms with Gasteiger partial charge in [0.15, 0.2) is 5.38 Å². The van der Waals surface area contributed by atoms with E-state index >= 15 is 0 Å². The first-order valence-electron chi connectivity index (χ1n) is 8.12. The van der Waals surface area contributed by atoms with Crippen molar-refractivity contribution in [2.24, 2.45) is 0 Å². The molecule has 0 aliphatic heterocycles. The summed E-state index contributed by atoms with van der Waals surface area (Å²) >= 11 is 0. The zero-order valence-corrected chi connectivity index (χ0v) is 14.3. The number of nitrogens with two attached hydrogens (primary N) is 1. The summed E-state index contributed by atoms with van der Waals surface area (Å²) in [7, 11) is -1.51. The molecule has 1 aliphatic carbocycles. The topological polar surface area (TPSA) is 68.0 Å². The third-order valence-electron chi connectivity index (χ3n) is 4.42. The molecule has 1 heterocycles. The fourth-order valence-corrected chi connectivity index (χ4v) is 4.43. The van der Waals surface area contributed by atoms with Crippen molar-refractivity contribution in [1.82, 2.24) is 4.98 Å². The molecule has 1 fully saturated rings. The Kier molecular flexibility index (Phi) is 4.99. The van der Waals surface area contributed by atoms with Gasteiger partial charge in [-0.3, -0.25) is 5.32 Å². The van der Waals surface area contributed by atoms with Crippen molar-refractivity contribution in [3.05, 3.63) is 40.9 Å². The van der Waals surface area contributed by atoms with Crippen LogP contribution >= 0.6 is 10.5 Å². The Labute approximate surface area is 146 Å². The molecule has 1 aromatic carbocycles. The van der Waals surface area contributed by atoms with Gasteiger partial charge in [-0.05, 0) is 30.4 Å². The Hall–Kier alpha value is -2.09. The Morgan fingerprint density at radius 3 is 2.52 bits per heavy atom. The lowest BCUT2D eigenvalue weighted by atomic mass is 9.83. The van der Waals surface area contributed by atoms with Gasteiger partial charge < -0.3 is 5.73 Å². The van der Waals surface area contributed by atoms with Crippen LogP contribution in [0.25, 0.3) is 0 Å². The van der Waals surface area contributed by atoms with E-state index in [4.69, 9.17) is 5.73 Å². The maximum absolute atomic E-state index is 12.7.